The van der Waals surface area contributed by atoms with Crippen molar-refractivity contribution in [1.29, 1.82) is 0 Å². The molecule has 0 radical (unpaired) electrons. The van der Waals surface area contributed by atoms with Crippen molar-refractivity contribution < 1.29 is 19.2 Å². The number of ketones is 1. The van der Waals surface area contributed by atoms with Gasteiger partial charge in [-0.25, -0.2) is 9.36 Å². The number of anilines is 1. The number of hydrogen-bond donors (Lipinski definition) is 2. The minimum atomic E-state index is -0.848. The molecule has 0 amide bonds. The normalized spacial score (nSPS) is 15.0. The number of nitrogens with two attached hydrogens (primary N) is 1. The molecule has 1 fully saturated rings. The van der Waals surface area contributed by atoms with Gasteiger partial charge in [0.1, 0.15) is 24.5 Å². The zero-order valence-corrected chi connectivity index (χ0v) is 18.5. The molecule has 9 nitrogen and oxygen atoms in total. The van der Waals surface area contributed by atoms with Gasteiger partial charge in [0.25, 0.3) is 5.56 Å². The molecule has 0 aliphatic carbocycles. The molecule has 1 aromatic heterocycles. The second-order valence-corrected chi connectivity index (χ2v) is 8.20. The lowest BCUT2D eigenvalue weighted by Crippen LogP contribution is -3.13. The fraction of sp³-hybridized carbons (Fsp3) is 0.478. The molecular formula is C23H31N4O5+. The SMILES string of the molecule is COC(=O)Cn1c(=O)c(C(=O)C[NH+]2CCCCCCC2)c(N)n(Cc2ccccc2)c1=O. The molecule has 0 spiro atoms. The van der Waals surface area contributed by atoms with Crippen LogP contribution < -0.4 is 21.9 Å². The Morgan fingerprint density at radius 1 is 1.00 bits per heavy atom. The molecule has 172 valence electrons. The molecule has 2 heterocycles. The molecule has 9 heteroatoms. The summed E-state index contributed by atoms with van der Waals surface area (Å²) in [5.41, 5.74) is 5.17. The number of aromatic nitrogens is 2. The number of likely N-dealkylation sites (tertiary alicyclic amines) is 1. The zero-order valence-electron chi connectivity index (χ0n) is 18.5. The van der Waals surface area contributed by atoms with Gasteiger partial charge >= 0.3 is 11.7 Å². The number of rotatable bonds is 7. The minimum absolute atomic E-state index is 0.0732. The van der Waals surface area contributed by atoms with Gasteiger partial charge in [-0.2, -0.15) is 0 Å². The Bertz CT molecular complexity index is 1070. The average molecular weight is 444 g/mol. The van der Waals surface area contributed by atoms with Crippen molar-refractivity contribution in [3.05, 3.63) is 62.3 Å². The predicted molar refractivity (Wildman–Crippen MR) is 120 cm³/mol. The molecule has 0 unspecified atom stereocenters. The van der Waals surface area contributed by atoms with E-state index in [2.05, 4.69) is 4.74 Å². The van der Waals surface area contributed by atoms with E-state index in [0.717, 1.165) is 53.8 Å². The third-order valence-corrected chi connectivity index (χ3v) is 5.92. The highest BCUT2D eigenvalue weighted by atomic mass is 16.5. The second kappa shape index (κ2) is 10.9. The number of quaternary nitrogens is 1. The smallest absolute Gasteiger partial charge is 0.333 e. The number of nitrogens with zero attached hydrogens (tertiary/aromatic N) is 2. The maximum atomic E-state index is 13.2. The maximum Gasteiger partial charge on any atom is 0.333 e. The van der Waals surface area contributed by atoms with Gasteiger partial charge in [-0.1, -0.05) is 36.8 Å². The van der Waals surface area contributed by atoms with Gasteiger partial charge < -0.3 is 15.4 Å². The van der Waals surface area contributed by atoms with Crippen LogP contribution >= 0.6 is 0 Å². The Labute approximate surface area is 186 Å². The van der Waals surface area contributed by atoms with E-state index >= 15 is 0 Å². The van der Waals surface area contributed by atoms with E-state index in [-0.39, 0.29) is 24.5 Å². The summed E-state index contributed by atoms with van der Waals surface area (Å²) in [7, 11) is 1.17. The van der Waals surface area contributed by atoms with Crippen LogP contribution in [0.3, 0.4) is 0 Å². The summed E-state index contributed by atoms with van der Waals surface area (Å²) in [6.07, 6.45) is 5.52. The van der Waals surface area contributed by atoms with Crippen molar-refractivity contribution in [3.8, 4) is 0 Å². The number of carbonyl (C=O) groups is 2. The summed E-state index contributed by atoms with van der Waals surface area (Å²) < 4.78 is 6.55. The first-order valence-corrected chi connectivity index (χ1v) is 11.0. The highest BCUT2D eigenvalue weighted by molar-refractivity contribution is 6.00. The number of carbonyl (C=O) groups excluding carboxylic acids is 2. The van der Waals surface area contributed by atoms with E-state index in [1.807, 2.05) is 30.3 Å². The van der Waals surface area contributed by atoms with E-state index in [1.54, 1.807) is 0 Å². The van der Waals surface area contributed by atoms with Gasteiger partial charge in [-0.15, -0.1) is 0 Å². The first kappa shape index (κ1) is 23.5. The third kappa shape index (κ3) is 5.53. The van der Waals surface area contributed by atoms with E-state index in [4.69, 9.17) is 5.73 Å². The lowest BCUT2D eigenvalue weighted by Gasteiger charge is -2.22. The fourth-order valence-corrected chi connectivity index (χ4v) is 4.13. The number of methoxy groups -OCH3 is 1. The number of nitrogens with one attached hydrogen (secondary N) is 1. The van der Waals surface area contributed by atoms with Crippen molar-refractivity contribution in [2.24, 2.45) is 0 Å². The quantitative estimate of drug-likeness (QED) is 0.454. The summed E-state index contributed by atoms with van der Waals surface area (Å²) in [5.74, 6) is -1.34. The Kier molecular flexibility index (Phi) is 7.99. The molecule has 0 bridgehead atoms. The highest BCUT2D eigenvalue weighted by Crippen LogP contribution is 2.10. The molecule has 3 N–H and O–H groups in total. The largest absolute Gasteiger partial charge is 0.468 e. The first-order valence-electron chi connectivity index (χ1n) is 11.0. The molecule has 1 saturated heterocycles. The Morgan fingerprint density at radius 2 is 1.62 bits per heavy atom. The van der Waals surface area contributed by atoms with E-state index in [0.29, 0.717) is 0 Å². The van der Waals surface area contributed by atoms with Crippen LogP contribution in [0.15, 0.2) is 39.9 Å². The van der Waals surface area contributed by atoms with E-state index in [9.17, 15) is 19.2 Å². The number of benzene rings is 1. The van der Waals surface area contributed by atoms with Gasteiger partial charge in [0.15, 0.2) is 0 Å². The summed E-state index contributed by atoms with van der Waals surface area (Å²) in [5, 5.41) is 0. The molecule has 1 aliphatic heterocycles. The first-order chi connectivity index (χ1) is 15.4. The average Bonchev–Trinajstić information content (AvgIpc) is 2.76. The minimum Gasteiger partial charge on any atom is -0.468 e. The van der Waals surface area contributed by atoms with Gasteiger partial charge in [0, 0.05) is 0 Å². The summed E-state index contributed by atoms with van der Waals surface area (Å²) in [6, 6.07) is 9.10. The molecular weight excluding hydrogens is 412 g/mol. The van der Waals surface area contributed by atoms with E-state index in [1.165, 1.54) is 18.1 Å². The second-order valence-electron chi connectivity index (χ2n) is 8.20. The van der Waals surface area contributed by atoms with Crippen LogP contribution in [0.5, 0.6) is 0 Å². The topological polar surface area (TPSA) is 118 Å². The molecule has 32 heavy (non-hydrogen) atoms. The van der Waals surface area contributed by atoms with Crippen LogP contribution in [-0.2, 0) is 22.6 Å². The number of Topliss-reactive ketones (excluding diaryl/α,β-unsaturated/α-hetero) is 1. The van der Waals surface area contributed by atoms with Gasteiger partial charge in [-0.3, -0.25) is 19.0 Å². The molecule has 1 aromatic carbocycles. The van der Waals surface area contributed by atoms with Crippen LogP contribution in [0.2, 0.25) is 0 Å². The van der Waals surface area contributed by atoms with Crippen molar-refractivity contribution in [2.45, 2.75) is 45.2 Å². The number of hydrogen-bond acceptors (Lipinski definition) is 6. The fourth-order valence-electron chi connectivity index (χ4n) is 4.13. The van der Waals surface area contributed by atoms with Crippen LogP contribution in [0.1, 0.15) is 48.0 Å². The Balaban J connectivity index is 2.02. The number of ether oxygens (including phenoxy) is 1. The summed E-state index contributed by atoms with van der Waals surface area (Å²) in [4.78, 5) is 52.3. The molecule has 2 aromatic rings. The highest BCUT2D eigenvalue weighted by Gasteiger charge is 2.27. The predicted octanol–water partition coefficient (Wildman–Crippen LogP) is -0.155. The Morgan fingerprint density at radius 3 is 2.25 bits per heavy atom. The summed E-state index contributed by atoms with van der Waals surface area (Å²) in [6.45, 7) is 1.32. The zero-order chi connectivity index (χ0) is 23.1. The monoisotopic (exact) mass is 443 g/mol. The van der Waals surface area contributed by atoms with Crippen LogP contribution in [0.25, 0.3) is 0 Å². The molecule has 0 atom stereocenters. The van der Waals surface area contributed by atoms with E-state index < -0.39 is 29.5 Å². The molecule has 0 saturated carbocycles. The number of esters is 1. The van der Waals surface area contributed by atoms with Crippen molar-refractivity contribution in [3.63, 3.8) is 0 Å². The van der Waals surface area contributed by atoms with Gasteiger partial charge in [-0.05, 0) is 31.2 Å². The lowest BCUT2D eigenvalue weighted by atomic mass is 10.1. The maximum absolute atomic E-state index is 13.2. The summed E-state index contributed by atoms with van der Waals surface area (Å²) >= 11 is 0. The lowest BCUT2D eigenvalue weighted by molar-refractivity contribution is -0.892. The Hall–Kier alpha value is -3.20. The standard InChI is InChI=1S/C23H30N4O5/c1-32-19(29)16-27-22(30)20(18(28)15-25-12-8-3-2-4-9-13-25)21(24)26(23(27)31)14-17-10-6-5-7-11-17/h5-7,10-11H,2-4,8-9,12-16,24H2,1H3/p+1. The third-order valence-electron chi connectivity index (χ3n) is 5.92. The van der Waals surface area contributed by atoms with Gasteiger partial charge in [0.2, 0.25) is 5.78 Å². The van der Waals surface area contributed by atoms with Crippen LogP contribution in [-0.4, -0.2) is 47.6 Å². The van der Waals surface area contributed by atoms with Crippen molar-refractivity contribution in [2.75, 3.05) is 32.5 Å². The van der Waals surface area contributed by atoms with Gasteiger partial charge in [0.05, 0.1) is 26.7 Å². The molecule has 1 aliphatic rings. The number of nitrogen functional groups attached to an aromatic ring is 1. The molecule has 3 rings (SSSR count). The van der Waals surface area contributed by atoms with Crippen LogP contribution in [0, 0.1) is 0 Å². The van der Waals surface area contributed by atoms with Crippen molar-refractivity contribution in [1.82, 2.24) is 9.13 Å². The van der Waals surface area contributed by atoms with Crippen LogP contribution in [0.4, 0.5) is 5.82 Å². The van der Waals surface area contributed by atoms with Crippen molar-refractivity contribution >= 4 is 17.6 Å².